The Labute approximate surface area is 63.1 Å². The average molecular weight is 145 g/mol. The molecule has 2 rings (SSSR count). The van der Waals surface area contributed by atoms with Crippen LogP contribution in [0.1, 0.15) is 0 Å². The van der Waals surface area contributed by atoms with Crippen molar-refractivity contribution in [3.8, 4) is 0 Å². The third kappa shape index (κ3) is 0.923. The summed E-state index contributed by atoms with van der Waals surface area (Å²) in [6.45, 7) is 0. The first kappa shape index (κ1) is 6.16. The van der Waals surface area contributed by atoms with Gasteiger partial charge in [-0.1, -0.05) is 18.2 Å². The monoisotopic (exact) mass is 145 g/mol. The van der Waals surface area contributed by atoms with Crippen LogP contribution in [-0.4, -0.2) is 0 Å². The van der Waals surface area contributed by atoms with Crippen molar-refractivity contribution < 1.29 is 4.42 Å². The van der Waals surface area contributed by atoms with Crippen LogP contribution in [0.25, 0.3) is 10.8 Å². The molecule has 2 aromatic rings. The molecule has 1 aromatic heterocycles. The fourth-order valence-corrected chi connectivity index (χ4v) is 0.997. The van der Waals surface area contributed by atoms with Crippen LogP contribution in [0.3, 0.4) is 0 Å². The first-order chi connectivity index (χ1) is 5.38. The second-order valence-electron chi connectivity index (χ2n) is 2.21. The lowest BCUT2D eigenvalue weighted by atomic mass is 10.2. The largest absolute Gasteiger partial charge is 0.430 e. The SMILES string of the molecule is O=c1oc[c]c2ccccc12. The van der Waals surface area contributed by atoms with Crippen LogP contribution in [0.2, 0.25) is 0 Å². The van der Waals surface area contributed by atoms with Crippen molar-refractivity contribution in [1.82, 2.24) is 0 Å². The molecule has 0 amide bonds. The minimum Gasteiger partial charge on any atom is -0.430 e. The van der Waals surface area contributed by atoms with Gasteiger partial charge in [0.05, 0.1) is 5.39 Å². The zero-order valence-corrected chi connectivity index (χ0v) is 5.70. The summed E-state index contributed by atoms with van der Waals surface area (Å²) >= 11 is 0. The Kier molecular flexibility index (Phi) is 1.25. The normalized spacial score (nSPS) is 10.2. The second-order valence-corrected chi connectivity index (χ2v) is 2.21. The van der Waals surface area contributed by atoms with E-state index in [1.807, 2.05) is 12.1 Å². The molecule has 0 aliphatic carbocycles. The van der Waals surface area contributed by atoms with Crippen LogP contribution in [-0.2, 0) is 0 Å². The molecule has 2 nitrogen and oxygen atoms in total. The van der Waals surface area contributed by atoms with Crippen LogP contribution in [0, 0.1) is 6.07 Å². The predicted octanol–water partition coefficient (Wildman–Crippen LogP) is 1.59. The van der Waals surface area contributed by atoms with E-state index in [9.17, 15) is 4.79 Å². The van der Waals surface area contributed by atoms with Gasteiger partial charge in [0.1, 0.15) is 6.26 Å². The van der Waals surface area contributed by atoms with E-state index < -0.39 is 0 Å². The Bertz CT molecular complexity index is 423. The molecule has 1 radical (unpaired) electrons. The van der Waals surface area contributed by atoms with E-state index in [0.29, 0.717) is 5.39 Å². The van der Waals surface area contributed by atoms with Gasteiger partial charge < -0.3 is 4.42 Å². The zero-order valence-electron chi connectivity index (χ0n) is 5.70. The number of rotatable bonds is 0. The molecular formula is C9H5O2. The molecule has 0 atom stereocenters. The molecular weight excluding hydrogens is 140 g/mol. The fraction of sp³-hybridized carbons (Fsp3) is 0. The molecule has 0 aliphatic heterocycles. The van der Waals surface area contributed by atoms with E-state index >= 15 is 0 Å². The van der Waals surface area contributed by atoms with Gasteiger partial charge in [0.2, 0.25) is 0 Å². The van der Waals surface area contributed by atoms with Crippen molar-refractivity contribution in [2.75, 3.05) is 0 Å². The van der Waals surface area contributed by atoms with Crippen molar-refractivity contribution in [3.63, 3.8) is 0 Å². The summed E-state index contributed by atoms with van der Waals surface area (Å²) in [6.07, 6.45) is 1.28. The summed E-state index contributed by atoms with van der Waals surface area (Å²) in [5.74, 6) is 0. The molecule has 0 bridgehead atoms. The van der Waals surface area contributed by atoms with E-state index in [1.165, 1.54) is 6.26 Å². The van der Waals surface area contributed by atoms with E-state index in [-0.39, 0.29) is 5.63 Å². The van der Waals surface area contributed by atoms with Crippen LogP contribution >= 0.6 is 0 Å². The van der Waals surface area contributed by atoms with Crippen LogP contribution in [0.4, 0.5) is 0 Å². The van der Waals surface area contributed by atoms with Crippen LogP contribution in [0.5, 0.6) is 0 Å². The average Bonchev–Trinajstić information content (AvgIpc) is 2.06. The Hall–Kier alpha value is -1.57. The third-order valence-electron chi connectivity index (χ3n) is 1.53. The molecule has 0 unspecified atom stereocenters. The summed E-state index contributed by atoms with van der Waals surface area (Å²) < 4.78 is 4.63. The summed E-state index contributed by atoms with van der Waals surface area (Å²) in [4.78, 5) is 11.0. The Morgan fingerprint density at radius 2 is 2.09 bits per heavy atom. The highest BCUT2D eigenvalue weighted by molar-refractivity contribution is 5.79. The molecule has 0 N–H and O–H groups in total. The van der Waals surface area contributed by atoms with Gasteiger partial charge in [0.25, 0.3) is 0 Å². The van der Waals surface area contributed by atoms with Crippen molar-refractivity contribution in [2.45, 2.75) is 0 Å². The lowest BCUT2D eigenvalue weighted by Crippen LogP contribution is -1.96. The number of benzene rings is 1. The lowest BCUT2D eigenvalue weighted by molar-refractivity contribution is 0.518. The van der Waals surface area contributed by atoms with Crippen molar-refractivity contribution in [3.05, 3.63) is 47.0 Å². The predicted molar refractivity (Wildman–Crippen MR) is 41.3 cm³/mol. The topological polar surface area (TPSA) is 30.2 Å². The highest BCUT2D eigenvalue weighted by atomic mass is 16.4. The van der Waals surface area contributed by atoms with Crippen molar-refractivity contribution in [2.24, 2.45) is 0 Å². The minimum atomic E-state index is -0.306. The second kappa shape index (κ2) is 2.23. The van der Waals surface area contributed by atoms with Gasteiger partial charge in [-0.15, -0.1) is 0 Å². The van der Waals surface area contributed by atoms with E-state index in [2.05, 4.69) is 10.5 Å². The molecule has 11 heavy (non-hydrogen) atoms. The molecule has 2 heteroatoms. The molecule has 0 saturated carbocycles. The van der Waals surface area contributed by atoms with Gasteiger partial charge in [0, 0.05) is 11.5 Å². The summed E-state index contributed by atoms with van der Waals surface area (Å²) in [5, 5.41) is 1.37. The lowest BCUT2D eigenvalue weighted by Gasteiger charge is -1.90. The highest BCUT2D eigenvalue weighted by Crippen LogP contribution is 2.06. The molecule has 0 spiro atoms. The van der Waals surface area contributed by atoms with Gasteiger partial charge in [0.15, 0.2) is 0 Å². The smallest absolute Gasteiger partial charge is 0.343 e. The molecule has 0 fully saturated rings. The summed E-state index contributed by atoms with van der Waals surface area (Å²) in [7, 11) is 0. The van der Waals surface area contributed by atoms with Crippen molar-refractivity contribution in [1.29, 1.82) is 0 Å². The van der Waals surface area contributed by atoms with Crippen LogP contribution < -0.4 is 5.63 Å². The van der Waals surface area contributed by atoms with E-state index in [0.717, 1.165) is 5.39 Å². The fourth-order valence-electron chi connectivity index (χ4n) is 0.997. The summed E-state index contributed by atoms with van der Waals surface area (Å²) in [5.41, 5.74) is -0.306. The van der Waals surface area contributed by atoms with Gasteiger partial charge in [-0.05, 0) is 6.07 Å². The van der Waals surface area contributed by atoms with Gasteiger partial charge in [-0.3, -0.25) is 0 Å². The minimum absolute atomic E-state index is 0.306. The number of fused-ring (bicyclic) bond motifs is 1. The van der Waals surface area contributed by atoms with E-state index in [1.54, 1.807) is 12.1 Å². The quantitative estimate of drug-likeness (QED) is 0.563. The first-order valence-electron chi connectivity index (χ1n) is 3.26. The number of hydrogen-bond donors (Lipinski definition) is 0. The first-order valence-corrected chi connectivity index (χ1v) is 3.26. The number of hydrogen-bond acceptors (Lipinski definition) is 2. The molecule has 1 aromatic carbocycles. The van der Waals surface area contributed by atoms with Crippen molar-refractivity contribution >= 4 is 10.8 Å². The van der Waals surface area contributed by atoms with Gasteiger partial charge >= 0.3 is 5.63 Å². The zero-order chi connectivity index (χ0) is 7.68. The Morgan fingerprint density at radius 1 is 1.27 bits per heavy atom. The van der Waals surface area contributed by atoms with Gasteiger partial charge in [-0.25, -0.2) is 4.79 Å². The molecule has 0 saturated heterocycles. The highest BCUT2D eigenvalue weighted by Gasteiger charge is 1.95. The summed E-state index contributed by atoms with van der Waals surface area (Å²) in [6, 6.07) is 10.0. The van der Waals surface area contributed by atoms with E-state index in [4.69, 9.17) is 0 Å². The standard InChI is InChI=1S/C9H5O2/c10-9-8-4-2-1-3-7(8)5-6-11-9/h1-4,6H. The molecule has 0 aliphatic rings. The maximum atomic E-state index is 11.0. The Balaban J connectivity index is 3.03. The van der Waals surface area contributed by atoms with Crippen LogP contribution in [0.15, 0.2) is 39.7 Å². The maximum absolute atomic E-state index is 11.0. The Morgan fingerprint density at radius 3 is 2.91 bits per heavy atom. The third-order valence-corrected chi connectivity index (χ3v) is 1.53. The van der Waals surface area contributed by atoms with Gasteiger partial charge in [-0.2, -0.15) is 0 Å². The molecule has 53 valence electrons. The maximum Gasteiger partial charge on any atom is 0.343 e. The molecule has 1 heterocycles.